The van der Waals surface area contributed by atoms with Crippen LogP contribution in [0.2, 0.25) is 0 Å². The van der Waals surface area contributed by atoms with Crippen LogP contribution in [0, 0.1) is 5.92 Å². The highest BCUT2D eigenvalue weighted by Gasteiger charge is 2.31. The standard InChI is InChI=1S/C17H22N2O2/c1-18-11-14-9-5-6-10-15(14)19(17(18)21)12-16(20)13-7-3-2-4-8-13/h5-6,9-10,13H,2-4,7-8,11-12H2,1H3. The summed E-state index contributed by atoms with van der Waals surface area (Å²) in [5.41, 5.74) is 2.00. The van der Waals surface area contributed by atoms with Crippen molar-refractivity contribution < 1.29 is 9.59 Å². The maximum absolute atomic E-state index is 12.5. The number of nitrogens with zero attached hydrogens (tertiary/aromatic N) is 2. The van der Waals surface area contributed by atoms with Gasteiger partial charge in [0.25, 0.3) is 0 Å². The molecule has 1 saturated carbocycles. The van der Waals surface area contributed by atoms with Crippen molar-refractivity contribution in [2.45, 2.75) is 38.6 Å². The summed E-state index contributed by atoms with van der Waals surface area (Å²) in [5, 5.41) is 0. The second-order valence-electron chi connectivity index (χ2n) is 6.15. The van der Waals surface area contributed by atoms with Crippen molar-refractivity contribution in [1.29, 1.82) is 0 Å². The molecule has 4 nitrogen and oxygen atoms in total. The molecular weight excluding hydrogens is 264 g/mol. The third-order valence-electron chi connectivity index (χ3n) is 4.62. The second-order valence-corrected chi connectivity index (χ2v) is 6.15. The van der Waals surface area contributed by atoms with Gasteiger partial charge in [0.1, 0.15) is 0 Å². The zero-order valence-electron chi connectivity index (χ0n) is 12.5. The van der Waals surface area contributed by atoms with Crippen LogP contribution in [0.15, 0.2) is 24.3 Å². The van der Waals surface area contributed by atoms with Gasteiger partial charge in [-0.1, -0.05) is 37.5 Å². The zero-order valence-corrected chi connectivity index (χ0v) is 12.5. The molecule has 1 aromatic carbocycles. The van der Waals surface area contributed by atoms with Crippen molar-refractivity contribution in [3.8, 4) is 0 Å². The number of carbonyl (C=O) groups is 2. The van der Waals surface area contributed by atoms with Crippen LogP contribution in [0.5, 0.6) is 0 Å². The molecule has 1 aliphatic carbocycles. The highest BCUT2D eigenvalue weighted by Crippen LogP contribution is 2.29. The van der Waals surface area contributed by atoms with E-state index in [0.717, 1.165) is 36.9 Å². The first-order chi connectivity index (χ1) is 10.2. The number of para-hydroxylation sites is 1. The SMILES string of the molecule is CN1Cc2ccccc2N(CC(=O)C2CCCCC2)C1=O. The van der Waals surface area contributed by atoms with E-state index in [1.54, 1.807) is 16.8 Å². The zero-order chi connectivity index (χ0) is 14.8. The van der Waals surface area contributed by atoms with Gasteiger partial charge in [0, 0.05) is 19.5 Å². The van der Waals surface area contributed by atoms with E-state index in [1.807, 2.05) is 24.3 Å². The summed E-state index contributed by atoms with van der Waals surface area (Å²) < 4.78 is 0. The molecule has 0 unspecified atom stereocenters. The Kier molecular flexibility index (Phi) is 3.95. The normalized spacial score (nSPS) is 19.6. The molecule has 1 heterocycles. The quantitative estimate of drug-likeness (QED) is 0.856. The van der Waals surface area contributed by atoms with E-state index in [0.29, 0.717) is 6.54 Å². The van der Waals surface area contributed by atoms with E-state index in [1.165, 1.54) is 6.42 Å². The van der Waals surface area contributed by atoms with Crippen LogP contribution in [0.1, 0.15) is 37.7 Å². The molecule has 1 aromatic rings. The van der Waals surface area contributed by atoms with E-state index in [9.17, 15) is 9.59 Å². The Labute approximate surface area is 125 Å². The summed E-state index contributed by atoms with van der Waals surface area (Å²) in [5.74, 6) is 0.360. The van der Waals surface area contributed by atoms with Gasteiger partial charge in [0.15, 0.2) is 5.78 Å². The fourth-order valence-corrected chi connectivity index (χ4v) is 3.40. The van der Waals surface area contributed by atoms with Gasteiger partial charge in [-0.05, 0) is 24.5 Å². The average Bonchev–Trinajstić information content (AvgIpc) is 2.52. The van der Waals surface area contributed by atoms with E-state index in [4.69, 9.17) is 0 Å². The minimum Gasteiger partial charge on any atom is -0.323 e. The molecule has 0 radical (unpaired) electrons. The summed E-state index contributed by atoms with van der Waals surface area (Å²) in [4.78, 5) is 28.2. The highest BCUT2D eigenvalue weighted by molar-refractivity contribution is 6.00. The van der Waals surface area contributed by atoms with Gasteiger partial charge in [0.05, 0.1) is 12.2 Å². The smallest absolute Gasteiger partial charge is 0.323 e. The molecule has 112 valence electrons. The molecule has 0 bridgehead atoms. The van der Waals surface area contributed by atoms with Crippen molar-refractivity contribution in [3.63, 3.8) is 0 Å². The molecule has 1 aliphatic heterocycles. The van der Waals surface area contributed by atoms with E-state index in [-0.39, 0.29) is 24.3 Å². The largest absolute Gasteiger partial charge is 0.324 e. The van der Waals surface area contributed by atoms with Crippen molar-refractivity contribution in [3.05, 3.63) is 29.8 Å². The van der Waals surface area contributed by atoms with Gasteiger partial charge < -0.3 is 4.90 Å². The number of carbonyl (C=O) groups excluding carboxylic acids is 2. The molecule has 2 amide bonds. The Balaban J connectivity index is 1.80. The topological polar surface area (TPSA) is 40.6 Å². The fourth-order valence-electron chi connectivity index (χ4n) is 3.40. The van der Waals surface area contributed by atoms with Crippen molar-refractivity contribution in [2.75, 3.05) is 18.5 Å². The van der Waals surface area contributed by atoms with E-state index >= 15 is 0 Å². The lowest BCUT2D eigenvalue weighted by atomic mass is 9.86. The van der Waals surface area contributed by atoms with Crippen LogP contribution in [0.25, 0.3) is 0 Å². The first kappa shape index (κ1) is 14.1. The van der Waals surface area contributed by atoms with Crippen LogP contribution in [-0.2, 0) is 11.3 Å². The summed E-state index contributed by atoms with van der Waals surface area (Å²) >= 11 is 0. The van der Waals surface area contributed by atoms with Crippen LogP contribution in [0.4, 0.5) is 10.5 Å². The third kappa shape index (κ3) is 2.80. The molecule has 0 aromatic heterocycles. The fraction of sp³-hybridized carbons (Fsp3) is 0.529. The van der Waals surface area contributed by atoms with Gasteiger partial charge in [-0.3, -0.25) is 9.69 Å². The number of amides is 2. The van der Waals surface area contributed by atoms with E-state index < -0.39 is 0 Å². The Bertz CT molecular complexity index is 549. The Morgan fingerprint density at radius 1 is 1.19 bits per heavy atom. The first-order valence-corrected chi connectivity index (χ1v) is 7.80. The van der Waals surface area contributed by atoms with Crippen molar-refractivity contribution in [1.82, 2.24) is 4.90 Å². The Morgan fingerprint density at radius 3 is 2.67 bits per heavy atom. The number of benzene rings is 1. The molecule has 3 rings (SSSR count). The predicted molar refractivity (Wildman–Crippen MR) is 82.2 cm³/mol. The van der Waals surface area contributed by atoms with Gasteiger partial charge >= 0.3 is 6.03 Å². The second kappa shape index (κ2) is 5.88. The third-order valence-corrected chi connectivity index (χ3v) is 4.62. The molecule has 1 fully saturated rings. The minimum atomic E-state index is -0.0714. The number of Topliss-reactive ketones (excluding diaryl/α,β-unsaturated/α-hetero) is 1. The molecule has 0 spiro atoms. The maximum Gasteiger partial charge on any atom is 0.324 e. The van der Waals surface area contributed by atoms with Crippen molar-refractivity contribution in [2.24, 2.45) is 5.92 Å². The molecule has 2 aliphatic rings. The molecule has 0 N–H and O–H groups in total. The number of anilines is 1. The number of urea groups is 1. The lowest BCUT2D eigenvalue weighted by Gasteiger charge is -2.35. The molecule has 0 saturated heterocycles. The summed E-state index contributed by atoms with van der Waals surface area (Å²) in [6, 6.07) is 7.79. The lowest BCUT2D eigenvalue weighted by molar-refractivity contribution is -0.122. The van der Waals surface area contributed by atoms with E-state index in [2.05, 4.69) is 0 Å². The van der Waals surface area contributed by atoms with Crippen LogP contribution in [0.3, 0.4) is 0 Å². The predicted octanol–water partition coefficient (Wildman–Crippen LogP) is 3.21. The number of ketones is 1. The summed E-state index contributed by atoms with van der Waals surface area (Å²) in [6.07, 6.45) is 5.48. The first-order valence-electron chi connectivity index (χ1n) is 7.80. The van der Waals surface area contributed by atoms with Crippen LogP contribution >= 0.6 is 0 Å². The monoisotopic (exact) mass is 286 g/mol. The summed E-state index contributed by atoms with van der Waals surface area (Å²) in [7, 11) is 1.79. The highest BCUT2D eigenvalue weighted by atomic mass is 16.2. The van der Waals surface area contributed by atoms with Crippen molar-refractivity contribution >= 4 is 17.5 Å². The molecular formula is C17H22N2O2. The van der Waals surface area contributed by atoms with Gasteiger partial charge in [-0.2, -0.15) is 0 Å². The van der Waals surface area contributed by atoms with Gasteiger partial charge in [-0.15, -0.1) is 0 Å². The van der Waals surface area contributed by atoms with Crippen LogP contribution in [-0.4, -0.2) is 30.3 Å². The molecule has 21 heavy (non-hydrogen) atoms. The molecule has 4 heteroatoms. The minimum absolute atomic E-state index is 0.0714. The summed E-state index contributed by atoms with van der Waals surface area (Å²) in [6.45, 7) is 0.827. The average molecular weight is 286 g/mol. The Hall–Kier alpha value is -1.84. The number of rotatable bonds is 3. The lowest BCUT2D eigenvalue weighted by Crippen LogP contribution is -2.48. The van der Waals surface area contributed by atoms with Gasteiger partial charge in [0.2, 0.25) is 0 Å². The molecule has 0 atom stereocenters. The Morgan fingerprint density at radius 2 is 1.90 bits per heavy atom. The number of fused-ring (bicyclic) bond motifs is 1. The van der Waals surface area contributed by atoms with Gasteiger partial charge in [-0.25, -0.2) is 4.79 Å². The number of hydrogen-bond acceptors (Lipinski definition) is 2. The maximum atomic E-state index is 12.5. The van der Waals surface area contributed by atoms with Crippen LogP contribution < -0.4 is 4.90 Å². The number of hydrogen-bond donors (Lipinski definition) is 0.